The van der Waals surface area contributed by atoms with Crippen molar-refractivity contribution < 1.29 is 8.42 Å². The largest absolute Gasteiger partial charge is 0.402 e. The van der Waals surface area contributed by atoms with Crippen molar-refractivity contribution in [2.24, 2.45) is 5.73 Å². The third-order valence-corrected chi connectivity index (χ3v) is 4.35. The zero-order valence-electron chi connectivity index (χ0n) is 12.0. The molecule has 21 heavy (non-hydrogen) atoms. The predicted octanol–water partition coefficient (Wildman–Crippen LogP) is 2.42. The molecule has 0 radical (unpaired) electrons. The second-order valence-electron chi connectivity index (χ2n) is 4.32. The third-order valence-electron chi connectivity index (χ3n) is 2.43. The fourth-order valence-electron chi connectivity index (χ4n) is 1.41. The Morgan fingerprint density at radius 1 is 1.29 bits per heavy atom. The molecular weight excluding hydrogens is 312 g/mol. The molecule has 0 unspecified atom stereocenters. The van der Waals surface area contributed by atoms with E-state index in [1.54, 1.807) is 20.8 Å². The van der Waals surface area contributed by atoms with E-state index in [0.717, 1.165) is 0 Å². The number of nitrogens with zero attached hydrogens (tertiary/aromatic N) is 2. The van der Waals surface area contributed by atoms with Crippen LogP contribution in [0.3, 0.4) is 0 Å². The summed E-state index contributed by atoms with van der Waals surface area (Å²) >= 11 is 5.94. The molecule has 0 atom stereocenters. The van der Waals surface area contributed by atoms with Crippen LogP contribution in [0.5, 0.6) is 0 Å². The Hall–Kier alpha value is -1.86. The maximum atomic E-state index is 12.2. The van der Waals surface area contributed by atoms with E-state index in [1.165, 1.54) is 18.2 Å². The Kier molecular flexibility index (Phi) is 5.51. The standard InChI is InChI=1S/C13H17ClN4O2S/c1-5-11(7-6-8(2)15)21(19,20)18-13-16-9(3)12(14)10(4)17-13/h5-7H,1,15H2,2-4H3,(H,16,17,18)/b8-6+,11-7+. The molecule has 0 aliphatic heterocycles. The van der Waals surface area contributed by atoms with Crippen molar-refractivity contribution in [3.05, 3.63) is 51.8 Å². The van der Waals surface area contributed by atoms with E-state index in [0.29, 0.717) is 22.1 Å². The minimum absolute atomic E-state index is 0.0406. The first-order chi connectivity index (χ1) is 9.67. The quantitative estimate of drug-likeness (QED) is 0.809. The number of allylic oxidation sites excluding steroid dienone is 4. The normalized spacial score (nSPS) is 13.1. The van der Waals surface area contributed by atoms with Gasteiger partial charge in [0, 0.05) is 5.70 Å². The van der Waals surface area contributed by atoms with E-state index in [1.807, 2.05) is 0 Å². The molecule has 0 bridgehead atoms. The van der Waals surface area contributed by atoms with Crippen LogP contribution in [0.15, 0.2) is 35.4 Å². The zero-order valence-corrected chi connectivity index (χ0v) is 13.6. The van der Waals surface area contributed by atoms with Gasteiger partial charge in [-0.3, -0.25) is 0 Å². The summed E-state index contributed by atoms with van der Waals surface area (Å²) in [5.41, 5.74) is 6.93. The summed E-state index contributed by atoms with van der Waals surface area (Å²) in [7, 11) is -3.84. The van der Waals surface area contributed by atoms with Crippen LogP contribution in [0.4, 0.5) is 5.95 Å². The highest BCUT2D eigenvalue weighted by Crippen LogP contribution is 2.19. The number of nitrogens with one attached hydrogen (secondary N) is 1. The van der Waals surface area contributed by atoms with Gasteiger partial charge in [0.1, 0.15) is 0 Å². The monoisotopic (exact) mass is 328 g/mol. The summed E-state index contributed by atoms with van der Waals surface area (Å²) in [6, 6.07) is 0. The SMILES string of the molecule is C=C/C(=C\C=C(/C)N)S(=O)(=O)Nc1nc(C)c(Cl)c(C)n1. The van der Waals surface area contributed by atoms with Crippen molar-refractivity contribution >= 4 is 27.6 Å². The van der Waals surface area contributed by atoms with Gasteiger partial charge in [-0.1, -0.05) is 18.2 Å². The molecule has 114 valence electrons. The second kappa shape index (κ2) is 6.73. The van der Waals surface area contributed by atoms with Crippen LogP contribution in [-0.4, -0.2) is 18.4 Å². The number of aryl methyl sites for hydroxylation is 2. The van der Waals surface area contributed by atoms with Crippen LogP contribution in [0.1, 0.15) is 18.3 Å². The molecular formula is C13H17ClN4O2S. The molecule has 0 aromatic carbocycles. The molecule has 0 aliphatic carbocycles. The summed E-state index contributed by atoms with van der Waals surface area (Å²) in [4.78, 5) is 7.95. The molecule has 1 aromatic heterocycles. The molecule has 0 fully saturated rings. The number of anilines is 1. The zero-order chi connectivity index (χ0) is 16.2. The van der Waals surface area contributed by atoms with E-state index >= 15 is 0 Å². The number of sulfonamides is 1. The van der Waals surface area contributed by atoms with Gasteiger partial charge >= 0.3 is 0 Å². The van der Waals surface area contributed by atoms with Crippen LogP contribution >= 0.6 is 11.6 Å². The van der Waals surface area contributed by atoms with E-state index in [-0.39, 0.29) is 10.9 Å². The maximum absolute atomic E-state index is 12.2. The number of nitrogens with two attached hydrogens (primary N) is 1. The van der Waals surface area contributed by atoms with Gasteiger partial charge in [-0.05, 0) is 39.0 Å². The molecule has 1 rings (SSSR count). The highest BCUT2D eigenvalue weighted by atomic mass is 35.5. The predicted molar refractivity (Wildman–Crippen MR) is 85.3 cm³/mol. The Bertz CT molecular complexity index is 697. The fraction of sp³-hybridized carbons (Fsp3) is 0.231. The highest BCUT2D eigenvalue weighted by molar-refractivity contribution is 7.96. The van der Waals surface area contributed by atoms with Gasteiger partial charge in [-0.2, -0.15) is 0 Å². The lowest BCUT2D eigenvalue weighted by Gasteiger charge is -2.09. The minimum atomic E-state index is -3.84. The molecule has 0 saturated heterocycles. The summed E-state index contributed by atoms with van der Waals surface area (Å²) in [5, 5.41) is 0.402. The van der Waals surface area contributed by atoms with E-state index in [4.69, 9.17) is 17.3 Å². The minimum Gasteiger partial charge on any atom is -0.402 e. The average molecular weight is 329 g/mol. The van der Waals surface area contributed by atoms with Crippen LogP contribution < -0.4 is 10.5 Å². The number of halogens is 1. The molecule has 8 heteroatoms. The lowest BCUT2D eigenvalue weighted by atomic mass is 10.3. The highest BCUT2D eigenvalue weighted by Gasteiger charge is 2.17. The summed E-state index contributed by atoms with van der Waals surface area (Å²) < 4.78 is 26.7. The first-order valence-electron chi connectivity index (χ1n) is 5.97. The molecule has 1 heterocycles. The van der Waals surface area contributed by atoms with Crippen molar-refractivity contribution in [1.82, 2.24) is 9.97 Å². The Labute approximate surface area is 129 Å². The lowest BCUT2D eigenvalue weighted by Crippen LogP contribution is -2.16. The fourth-order valence-corrected chi connectivity index (χ4v) is 2.41. The maximum Gasteiger partial charge on any atom is 0.264 e. The van der Waals surface area contributed by atoms with Gasteiger partial charge in [0.05, 0.1) is 21.3 Å². The van der Waals surface area contributed by atoms with Crippen LogP contribution in [-0.2, 0) is 10.0 Å². The Balaban J connectivity index is 3.18. The number of hydrogen-bond donors (Lipinski definition) is 2. The smallest absolute Gasteiger partial charge is 0.264 e. The Morgan fingerprint density at radius 2 is 1.81 bits per heavy atom. The number of rotatable bonds is 5. The molecule has 0 amide bonds. The first kappa shape index (κ1) is 17.2. The van der Waals surface area contributed by atoms with E-state index in [9.17, 15) is 8.42 Å². The average Bonchev–Trinajstić information content (AvgIpc) is 2.35. The van der Waals surface area contributed by atoms with Crippen LogP contribution in [0.2, 0.25) is 5.02 Å². The van der Waals surface area contributed by atoms with E-state index < -0.39 is 10.0 Å². The van der Waals surface area contributed by atoms with Crippen LogP contribution in [0.25, 0.3) is 0 Å². The summed E-state index contributed by atoms with van der Waals surface area (Å²) in [6.45, 7) is 8.45. The van der Waals surface area contributed by atoms with E-state index in [2.05, 4.69) is 21.3 Å². The molecule has 0 saturated carbocycles. The summed E-state index contributed by atoms with van der Waals surface area (Å²) in [5.74, 6) is -0.0457. The molecule has 6 nitrogen and oxygen atoms in total. The lowest BCUT2D eigenvalue weighted by molar-refractivity contribution is 0.607. The topological polar surface area (TPSA) is 98.0 Å². The molecule has 0 spiro atoms. The van der Waals surface area contributed by atoms with Crippen molar-refractivity contribution in [2.45, 2.75) is 20.8 Å². The van der Waals surface area contributed by atoms with Gasteiger partial charge in [-0.15, -0.1) is 0 Å². The van der Waals surface area contributed by atoms with Gasteiger partial charge in [-0.25, -0.2) is 23.1 Å². The van der Waals surface area contributed by atoms with Gasteiger partial charge in [0.2, 0.25) is 5.95 Å². The molecule has 1 aromatic rings. The van der Waals surface area contributed by atoms with Crippen molar-refractivity contribution in [2.75, 3.05) is 4.72 Å². The third kappa shape index (κ3) is 4.57. The van der Waals surface area contributed by atoms with Gasteiger partial charge in [0.15, 0.2) is 0 Å². The number of aromatic nitrogens is 2. The second-order valence-corrected chi connectivity index (χ2v) is 6.38. The number of hydrogen-bond acceptors (Lipinski definition) is 5. The van der Waals surface area contributed by atoms with Crippen LogP contribution in [0, 0.1) is 13.8 Å². The van der Waals surface area contributed by atoms with Gasteiger partial charge in [0.25, 0.3) is 10.0 Å². The summed E-state index contributed by atoms with van der Waals surface area (Å²) in [6.07, 6.45) is 4.02. The molecule has 3 N–H and O–H groups in total. The van der Waals surface area contributed by atoms with Crippen molar-refractivity contribution in [1.29, 1.82) is 0 Å². The molecule has 0 aliphatic rings. The Morgan fingerprint density at radius 3 is 2.24 bits per heavy atom. The first-order valence-corrected chi connectivity index (χ1v) is 7.83. The van der Waals surface area contributed by atoms with Gasteiger partial charge < -0.3 is 5.73 Å². The van der Waals surface area contributed by atoms with Crippen molar-refractivity contribution in [3.63, 3.8) is 0 Å². The van der Waals surface area contributed by atoms with Crippen molar-refractivity contribution in [3.8, 4) is 0 Å².